The Balaban J connectivity index is 1.84. The van der Waals surface area contributed by atoms with Crippen LogP contribution < -0.4 is 10.2 Å². The summed E-state index contributed by atoms with van der Waals surface area (Å²) in [6, 6.07) is 9.27. The van der Waals surface area contributed by atoms with E-state index in [9.17, 15) is 9.59 Å². The minimum atomic E-state index is -0.330. The maximum Gasteiger partial charge on any atom is 0.278 e. The molecule has 1 aromatic carbocycles. The standard InChI is InChI=1S/C20H20BrN2O4/c1-12(2)22-8-14-10-26-11-15-16(21)18(24)19(17(20(22)25)23(14)15)27-9-13-6-4-3-5-7-13/h3-7,12,14H,1,8-11H2,2H3/q+1/t12?,14-/m0/s1. The van der Waals surface area contributed by atoms with Gasteiger partial charge in [0, 0.05) is 6.54 Å². The number of rotatable bonds is 4. The Kier molecular flexibility index (Phi) is 4.74. The van der Waals surface area contributed by atoms with Gasteiger partial charge in [-0.15, -0.1) is 0 Å². The van der Waals surface area contributed by atoms with Gasteiger partial charge in [0.1, 0.15) is 6.61 Å². The van der Waals surface area contributed by atoms with Gasteiger partial charge in [0.05, 0.1) is 36.3 Å². The van der Waals surface area contributed by atoms with E-state index in [0.717, 1.165) is 5.56 Å². The molecule has 2 aliphatic rings. The molecule has 4 rings (SSSR count). The van der Waals surface area contributed by atoms with Crippen molar-refractivity contribution >= 4 is 21.8 Å². The summed E-state index contributed by atoms with van der Waals surface area (Å²) in [4.78, 5) is 27.8. The van der Waals surface area contributed by atoms with Crippen molar-refractivity contribution in [1.82, 2.24) is 9.47 Å². The van der Waals surface area contributed by atoms with Crippen LogP contribution in [0.2, 0.25) is 0 Å². The van der Waals surface area contributed by atoms with Crippen molar-refractivity contribution in [3.05, 3.63) is 68.9 Å². The summed E-state index contributed by atoms with van der Waals surface area (Å²) in [5.41, 5.74) is 1.57. The van der Waals surface area contributed by atoms with Crippen LogP contribution in [0.3, 0.4) is 0 Å². The fraction of sp³-hybridized carbons (Fsp3) is 0.350. The monoisotopic (exact) mass is 431 g/mol. The second-order valence-electron chi connectivity index (χ2n) is 6.89. The zero-order chi connectivity index (χ0) is 19.1. The van der Waals surface area contributed by atoms with Crippen LogP contribution in [-0.2, 0) is 18.0 Å². The maximum absolute atomic E-state index is 13.2. The average molecular weight is 432 g/mol. The summed E-state index contributed by atoms with van der Waals surface area (Å²) in [5.74, 6) is -0.152. The highest BCUT2D eigenvalue weighted by Crippen LogP contribution is 2.35. The van der Waals surface area contributed by atoms with Crippen LogP contribution in [0, 0.1) is 6.92 Å². The second-order valence-corrected chi connectivity index (χ2v) is 7.68. The van der Waals surface area contributed by atoms with E-state index in [2.05, 4.69) is 22.9 Å². The Labute approximate surface area is 165 Å². The van der Waals surface area contributed by atoms with E-state index < -0.39 is 0 Å². The minimum absolute atomic E-state index is 0.0679. The Morgan fingerprint density at radius 1 is 1.33 bits per heavy atom. The van der Waals surface area contributed by atoms with E-state index >= 15 is 0 Å². The zero-order valence-corrected chi connectivity index (χ0v) is 16.6. The van der Waals surface area contributed by atoms with Gasteiger partial charge in [-0.25, -0.2) is 0 Å². The maximum atomic E-state index is 13.2. The van der Waals surface area contributed by atoms with Crippen LogP contribution in [0.1, 0.15) is 34.7 Å². The lowest BCUT2D eigenvalue weighted by Gasteiger charge is -2.40. The van der Waals surface area contributed by atoms with Crippen molar-refractivity contribution in [2.24, 2.45) is 0 Å². The molecule has 2 aliphatic heterocycles. The van der Waals surface area contributed by atoms with E-state index in [1.165, 1.54) is 0 Å². The highest BCUT2D eigenvalue weighted by molar-refractivity contribution is 9.10. The van der Waals surface area contributed by atoms with Gasteiger partial charge in [0.2, 0.25) is 5.43 Å². The van der Waals surface area contributed by atoms with E-state index in [1.807, 2.05) is 41.8 Å². The topological polar surface area (TPSA) is 60.8 Å². The Hall–Kier alpha value is -2.25. The van der Waals surface area contributed by atoms with Crippen molar-refractivity contribution in [1.29, 1.82) is 0 Å². The third-order valence-electron chi connectivity index (χ3n) is 4.95. The van der Waals surface area contributed by atoms with Gasteiger partial charge in [-0.05, 0) is 28.4 Å². The molecule has 1 unspecified atom stereocenters. The molecule has 27 heavy (non-hydrogen) atoms. The molecule has 0 bridgehead atoms. The number of benzene rings is 1. The second kappa shape index (κ2) is 7.05. The molecule has 0 N–H and O–H groups in total. The van der Waals surface area contributed by atoms with Gasteiger partial charge in [-0.3, -0.25) is 14.5 Å². The molecule has 2 aromatic rings. The zero-order valence-electron chi connectivity index (χ0n) is 15.0. The number of carbonyl (C=O) groups is 1. The Morgan fingerprint density at radius 3 is 2.78 bits per heavy atom. The molecule has 1 aromatic heterocycles. The SMILES string of the molecule is [CH2+]C(C)N1C[C@H]2COCc3c(Br)c(=O)c(OCc4ccccc4)c(n32)C1=O. The quantitative estimate of drug-likeness (QED) is 0.698. The largest absolute Gasteiger partial charge is 0.483 e. The third-order valence-corrected chi connectivity index (χ3v) is 5.77. The molecule has 0 aliphatic carbocycles. The Morgan fingerprint density at radius 2 is 2.07 bits per heavy atom. The molecule has 6 nitrogen and oxygen atoms in total. The number of hydrogen-bond donors (Lipinski definition) is 0. The average Bonchev–Trinajstić information content (AvgIpc) is 2.67. The fourth-order valence-electron chi connectivity index (χ4n) is 3.61. The van der Waals surface area contributed by atoms with Crippen LogP contribution >= 0.6 is 15.9 Å². The van der Waals surface area contributed by atoms with E-state index in [1.54, 1.807) is 4.90 Å². The lowest BCUT2D eigenvalue weighted by molar-refractivity contribution is 0.0207. The van der Waals surface area contributed by atoms with Crippen LogP contribution in [0.4, 0.5) is 0 Å². The number of ether oxygens (including phenoxy) is 2. The lowest BCUT2D eigenvalue weighted by Crippen LogP contribution is -2.51. The normalized spacial score (nSPS) is 19.6. The van der Waals surface area contributed by atoms with E-state index in [-0.39, 0.29) is 42.4 Å². The van der Waals surface area contributed by atoms with Crippen LogP contribution in [0.25, 0.3) is 0 Å². The molecule has 0 saturated carbocycles. The predicted octanol–water partition coefficient (Wildman–Crippen LogP) is 2.94. The predicted molar refractivity (Wildman–Crippen MR) is 104 cm³/mol. The van der Waals surface area contributed by atoms with E-state index in [0.29, 0.717) is 29.0 Å². The van der Waals surface area contributed by atoms with Gasteiger partial charge in [-0.2, -0.15) is 0 Å². The summed E-state index contributed by atoms with van der Waals surface area (Å²) in [5, 5.41) is 0. The summed E-state index contributed by atoms with van der Waals surface area (Å²) >= 11 is 3.39. The van der Waals surface area contributed by atoms with Crippen molar-refractivity contribution in [3.63, 3.8) is 0 Å². The van der Waals surface area contributed by atoms with Gasteiger partial charge in [-0.1, -0.05) is 30.3 Å². The summed E-state index contributed by atoms with van der Waals surface area (Å²) in [7, 11) is 0. The first kappa shape index (κ1) is 18.1. The first-order valence-electron chi connectivity index (χ1n) is 8.84. The molecule has 0 radical (unpaired) electrons. The molecule has 3 heterocycles. The minimum Gasteiger partial charge on any atom is -0.483 e. The molecule has 1 amide bonds. The van der Waals surface area contributed by atoms with Crippen molar-refractivity contribution < 1.29 is 14.3 Å². The first-order valence-corrected chi connectivity index (χ1v) is 9.63. The molecular formula is C20H20BrN2O4+. The van der Waals surface area contributed by atoms with Crippen LogP contribution in [-0.4, -0.2) is 34.6 Å². The molecule has 0 spiro atoms. The van der Waals surface area contributed by atoms with Gasteiger partial charge in [0.15, 0.2) is 17.5 Å². The van der Waals surface area contributed by atoms with E-state index in [4.69, 9.17) is 9.47 Å². The number of carbonyl (C=O) groups excluding carboxylic acids is 1. The van der Waals surface area contributed by atoms with Crippen molar-refractivity contribution in [2.45, 2.75) is 32.2 Å². The molecule has 0 fully saturated rings. The number of aromatic nitrogens is 1. The highest BCUT2D eigenvalue weighted by Gasteiger charge is 2.41. The summed E-state index contributed by atoms with van der Waals surface area (Å²) in [6.07, 6.45) is 0. The Bertz CT molecular complexity index is 939. The number of nitrogens with zero attached hydrogens (tertiary/aromatic N) is 2. The van der Waals surface area contributed by atoms with Crippen LogP contribution in [0.5, 0.6) is 5.75 Å². The molecular weight excluding hydrogens is 412 g/mol. The summed E-state index contributed by atoms with van der Waals surface area (Å²) < 4.78 is 13.9. The number of amides is 1. The molecule has 0 saturated heterocycles. The third kappa shape index (κ3) is 3.04. The van der Waals surface area contributed by atoms with Gasteiger partial charge in [0.25, 0.3) is 5.91 Å². The number of hydrogen-bond acceptors (Lipinski definition) is 4. The van der Waals surface area contributed by atoms with Gasteiger partial charge >= 0.3 is 0 Å². The van der Waals surface area contributed by atoms with Crippen LogP contribution in [0.15, 0.2) is 39.6 Å². The molecule has 140 valence electrons. The smallest absolute Gasteiger partial charge is 0.278 e. The lowest BCUT2D eigenvalue weighted by atomic mass is 10.1. The highest BCUT2D eigenvalue weighted by atomic mass is 79.9. The first-order chi connectivity index (χ1) is 13.0. The molecule has 7 heteroatoms. The van der Waals surface area contributed by atoms with Crippen molar-refractivity contribution in [2.75, 3.05) is 13.2 Å². The fourth-order valence-corrected chi connectivity index (χ4v) is 4.10. The number of pyridine rings is 1. The summed E-state index contributed by atoms with van der Waals surface area (Å²) in [6.45, 7) is 7.31. The molecule has 2 atom stereocenters. The number of halogens is 1. The van der Waals surface area contributed by atoms with Gasteiger partial charge < -0.3 is 14.0 Å². The van der Waals surface area contributed by atoms with Crippen molar-refractivity contribution in [3.8, 4) is 5.75 Å².